The van der Waals surface area contributed by atoms with Crippen LogP contribution in [0.1, 0.15) is 29.8 Å². The van der Waals surface area contributed by atoms with Crippen LogP contribution in [0.3, 0.4) is 0 Å². The molecule has 0 saturated heterocycles. The van der Waals surface area contributed by atoms with Crippen LogP contribution in [-0.2, 0) is 11.0 Å². The van der Waals surface area contributed by atoms with E-state index in [1.54, 1.807) is 6.92 Å². The number of aromatic nitrogens is 1. The zero-order chi connectivity index (χ0) is 14.5. The van der Waals surface area contributed by atoms with Crippen molar-refractivity contribution in [1.82, 2.24) is 10.3 Å². The predicted octanol–water partition coefficient (Wildman–Crippen LogP) is 2.20. The third-order valence-electron chi connectivity index (χ3n) is 2.00. The van der Waals surface area contributed by atoms with Gasteiger partial charge in [0.05, 0.1) is 11.1 Å². The minimum absolute atomic E-state index is 0.0591. The summed E-state index contributed by atoms with van der Waals surface area (Å²) < 4.78 is 38.1. The Bertz CT molecular complexity index is 486. The van der Waals surface area contributed by atoms with Crippen molar-refractivity contribution in [1.29, 1.82) is 0 Å². The van der Waals surface area contributed by atoms with Crippen LogP contribution in [0.15, 0.2) is 23.6 Å². The fraction of sp³-hybridized carbons (Fsp3) is 0.364. The van der Waals surface area contributed by atoms with E-state index in [4.69, 9.17) is 0 Å². The molecular formula is C11H12F3N3O2. The zero-order valence-corrected chi connectivity index (χ0v) is 10.3. The van der Waals surface area contributed by atoms with Gasteiger partial charge in [-0.2, -0.15) is 13.2 Å². The molecule has 0 atom stereocenters. The molecular weight excluding hydrogens is 263 g/mol. The normalized spacial score (nSPS) is 12.2. The molecule has 19 heavy (non-hydrogen) atoms. The van der Waals surface area contributed by atoms with Gasteiger partial charge in [0.15, 0.2) is 0 Å². The molecule has 0 aliphatic heterocycles. The van der Waals surface area contributed by atoms with Gasteiger partial charge in [0.25, 0.3) is 5.91 Å². The molecule has 1 amide bonds. The summed E-state index contributed by atoms with van der Waals surface area (Å²) in [6.45, 7) is 3.37. The second-order valence-corrected chi connectivity index (χ2v) is 3.47. The van der Waals surface area contributed by atoms with Gasteiger partial charge in [-0.05, 0) is 19.9 Å². The average molecular weight is 275 g/mol. The Hall–Kier alpha value is -2.12. The van der Waals surface area contributed by atoms with Crippen LogP contribution in [0.4, 0.5) is 13.2 Å². The van der Waals surface area contributed by atoms with Gasteiger partial charge in [-0.15, -0.1) is 0 Å². The molecule has 104 valence electrons. The van der Waals surface area contributed by atoms with Crippen LogP contribution in [-0.4, -0.2) is 23.3 Å². The molecule has 1 aromatic heterocycles. The van der Waals surface area contributed by atoms with E-state index >= 15 is 0 Å². The van der Waals surface area contributed by atoms with E-state index in [9.17, 15) is 18.0 Å². The number of nitrogens with zero attached hydrogens (tertiary/aromatic N) is 2. The van der Waals surface area contributed by atoms with Crippen molar-refractivity contribution in [3.8, 4) is 0 Å². The number of oxime groups is 1. The number of halogens is 3. The highest BCUT2D eigenvalue weighted by atomic mass is 19.4. The van der Waals surface area contributed by atoms with Crippen LogP contribution in [0.5, 0.6) is 0 Å². The van der Waals surface area contributed by atoms with Crippen molar-refractivity contribution in [3.63, 3.8) is 0 Å². The summed E-state index contributed by atoms with van der Waals surface area (Å²) in [5.41, 5.74) is -1.62. The number of nitrogens with one attached hydrogen (secondary N) is 1. The van der Waals surface area contributed by atoms with E-state index in [1.807, 2.05) is 0 Å². The lowest BCUT2D eigenvalue weighted by atomic mass is 10.1. The minimum Gasteiger partial charge on any atom is -0.395 e. The SMILES string of the molecule is CCON=C(C)NC(=O)c1cnccc1C(F)(F)F. The summed E-state index contributed by atoms with van der Waals surface area (Å²) in [6, 6.07) is 0.740. The van der Waals surface area contributed by atoms with Crippen molar-refractivity contribution < 1.29 is 22.8 Å². The number of alkyl halides is 3. The molecule has 0 unspecified atom stereocenters. The zero-order valence-electron chi connectivity index (χ0n) is 10.3. The van der Waals surface area contributed by atoms with Crippen LogP contribution in [0.2, 0.25) is 0 Å². The van der Waals surface area contributed by atoms with Crippen molar-refractivity contribution >= 4 is 11.7 Å². The summed E-state index contributed by atoms with van der Waals surface area (Å²) in [6.07, 6.45) is -2.80. The lowest BCUT2D eigenvalue weighted by Crippen LogP contribution is -2.30. The number of hydrogen-bond acceptors (Lipinski definition) is 4. The molecule has 0 spiro atoms. The number of pyridine rings is 1. The quantitative estimate of drug-likeness (QED) is 0.522. The topological polar surface area (TPSA) is 63.6 Å². The van der Waals surface area contributed by atoms with Gasteiger partial charge in [-0.1, -0.05) is 5.16 Å². The number of amides is 1. The van der Waals surface area contributed by atoms with Gasteiger partial charge >= 0.3 is 6.18 Å². The minimum atomic E-state index is -4.62. The van der Waals surface area contributed by atoms with Gasteiger partial charge in [-0.3, -0.25) is 9.78 Å². The second kappa shape index (κ2) is 6.17. The average Bonchev–Trinajstić information content (AvgIpc) is 2.35. The van der Waals surface area contributed by atoms with Crippen LogP contribution < -0.4 is 5.32 Å². The lowest BCUT2D eigenvalue weighted by molar-refractivity contribution is -0.138. The number of amidine groups is 1. The second-order valence-electron chi connectivity index (χ2n) is 3.47. The summed E-state index contributed by atoms with van der Waals surface area (Å²) in [7, 11) is 0. The summed E-state index contributed by atoms with van der Waals surface area (Å²) in [4.78, 5) is 19.9. The van der Waals surface area contributed by atoms with Crippen molar-refractivity contribution in [2.24, 2.45) is 5.16 Å². The summed E-state index contributed by atoms with van der Waals surface area (Å²) >= 11 is 0. The first-order chi connectivity index (χ1) is 8.86. The third kappa shape index (κ3) is 4.23. The Morgan fingerprint density at radius 2 is 2.21 bits per heavy atom. The van der Waals surface area contributed by atoms with Gasteiger partial charge in [0.1, 0.15) is 12.4 Å². The maximum atomic E-state index is 12.7. The standard InChI is InChI=1S/C11H12F3N3O2/c1-3-19-17-7(2)16-10(18)8-6-15-5-4-9(8)11(12,13)14/h4-6H,3H2,1-2H3,(H,16,17,18). The largest absolute Gasteiger partial charge is 0.417 e. The predicted molar refractivity (Wildman–Crippen MR) is 61.4 cm³/mol. The Kier molecular flexibility index (Phi) is 4.85. The van der Waals surface area contributed by atoms with Crippen LogP contribution in [0, 0.1) is 0 Å². The van der Waals surface area contributed by atoms with E-state index in [-0.39, 0.29) is 12.4 Å². The lowest BCUT2D eigenvalue weighted by Gasteiger charge is -2.11. The highest BCUT2D eigenvalue weighted by Gasteiger charge is 2.35. The van der Waals surface area contributed by atoms with Crippen molar-refractivity contribution in [2.75, 3.05) is 6.61 Å². The molecule has 1 rings (SSSR count). The molecule has 5 nitrogen and oxygen atoms in total. The highest BCUT2D eigenvalue weighted by molar-refractivity contribution is 6.06. The number of carbonyl (C=O) groups excluding carboxylic acids is 1. The molecule has 0 fully saturated rings. The van der Waals surface area contributed by atoms with E-state index in [0.29, 0.717) is 0 Å². The Morgan fingerprint density at radius 3 is 2.79 bits per heavy atom. The van der Waals surface area contributed by atoms with Crippen molar-refractivity contribution in [3.05, 3.63) is 29.6 Å². The Labute approximate surface area is 107 Å². The molecule has 0 saturated carbocycles. The maximum Gasteiger partial charge on any atom is 0.417 e. The van der Waals surface area contributed by atoms with E-state index in [1.165, 1.54) is 6.92 Å². The number of hydrogen-bond donors (Lipinski definition) is 1. The van der Waals surface area contributed by atoms with Gasteiger partial charge in [0, 0.05) is 12.4 Å². The molecule has 0 aliphatic carbocycles. The number of rotatable bonds is 3. The monoisotopic (exact) mass is 275 g/mol. The highest BCUT2D eigenvalue weighted by Crippen LogP contribution is 2.31. The first-order valence-corrected chi connectivity index (χ1v) is 5.35. The van der Waals surface area contributed by atoms with Crippen LogP contribution >= 0.6 is 0 Å². The van der Waals surface area contributed by atoms with Crippen LogP contribution in [0.25, 0.3) is 0 Å². The van der Waals surface area contributed by atoms with E-state index in [0.717, 1.165) is 18.5 Å². The summed E-state index contributed by atoms with van der Waals surface area (Å²) in [5.74, 6) is -0.884. The third-order valence-corrected chi connectivity index (χ3v) is 2.00. The fourth-order valence-electron chi connectivity index (χ4n) is 1.24. The molecule has 0 aromatic carbocycles. The first-order valence-electron chi connectivity index (χ1n) is 5.35. The smallest absolute Gasteiger partial charge is 0.395 e. The van der Waals surface area contributed by atoms with Gasteiger partial charge in [0.2, 0.25) is 0 Å². The fourth-order valence-corrected chi connectivity index (χ4v) is 1.24. The molecule has 1 N–H and O–H groups in total. The number of carbonyl (C=O) groups is 1. The Morgan fingerprint density at radius 1 is 1.53 bits per heavy atom. The van der Waals surface area contributed by atoms with E-state index < -0.39 is 23.2 Å². The van der Waals surface area contributed by atoms with E-state index in [2.05, 4.69) is 20.3 Å². The first kappa shape index (κ1) is 14.9. The molecule has 0 aliphatic rings. The molecule has 0 radical (unpaired) electrons. The molecule has 0 bridgehead atoms. The molecule has 8 heteroatoms. The van der Waals surface area contributed by atoms with Crippen molar-refractivity contribution in [2.45, 2.75) is 20.0 Å². The Balaban J connectivity index is 2.95. The van der Waals surface area contributed by atoms with Gasteiger partial charge in [-0.25, -0.2) is 0 Å². The summed E-state index contributed by atoms with van der Waals surface area (Å²) in [5, 5.41) is 5.67. The maximum absolute atomic E-state index is 12.7. The molecule has 1 heterocycles. The molecule has 1 aromatic rings. The van der Waals surface area contributed by atoms with Gasteiger partial charge < -0.3 is 10.2 Å².